The third-order valence-electron chi connectivity index (χ3n) is 4.22. The summed E-state index contributed by atoms with van der Waals surface area (Å²) >= 11 is 0. The molecule has 0 aromatic heterocycles. The van der Waals surface area contributed by atoms with Gasteiger partial charge in [-0.05, 0) is 34.9 Å². The first-order chi connectivity index (χ1) is 11.6. The van der Waals surface area contributed by atoms with Gasteiger partial charge in [-0.25, -0.2) is 0 Å². The van der Waals surface area contributed by atoms with Crippen molar-refractivity contribution in [1.29, 1.82) is 0 Å². The van der Waals surface area contributed by atoms with Crippen LogP contribution in [0.4, 0.5) is 0 Å². The molecule has 0 unspecified atom stereocenters. The molecule has 1 heterocycles. The van der Waals surface area contributed by atoms with E-state index in [-0.39, 0.29) is 4.90 Å². The molecule has 1 aliphatic rings. The molecule has 0 atom stereocenters. The van der Waals surface area contributed by atoms with Crippen molar-refractivity contribution in [1.82, 2.24) is 0 Å². The second kappa shape index (κ2) is 5.42. The average molecular weight is 333 g/mol. The number of hydrogen-bond donors (Lipinski definition) is 0. The molecule has 3 aromatic rings. The van der Waals surface area contributed by atoms with Gasteiger partial charge < -0.3 is 0 Å². The second-order valence-corrected chi connectivity index (χ2v) is 7.33. The van der Waals surface area contributed by atoms with Gasteiger partial charge in [-0.15, -0.1) is 6.58 Å². The van der Waals surface area contributed by atoms with Gasteiger partial charge in [0.1, 0.15) is 0 Å². The highest BCUT2D eigenvalue weighted by molar-refractivity contribution is 7.90. The van der Waals surface area contributed by atoms with Crippen molar-refractivity contribution in [2.45, 2.75) is 11.3 Å². The van der Waals surface area contributed by atoms with Gasteiger partial charge in [0.2, 0.25) is 0 Å². The summed E-state index contributed by atoms with van der Waals surface area (Å²) in [6.45, 7) is 3.82. The largest absolute Gasteiger partial charge is 0.283 e. The van der Waals surface area contributed by atoms with Gasteiger partial charge in [0.25, 0.3) is 10.0 Å². The van der Waals surface area contributed by atoms with Crippen LogP contribution in [0.2, 0.25) is 0 Å². The SMILES string of the molecule is C=CCc1cc2ccccc2cc1C1=NS(=O)(=O)c2ccccc21. The molecule has 1 aliphatic heterocycles. The maximum atomic E-state index is 12.4. The first-order valence-electron chi connectivity index (χ1n) is 7.67. The minimum atomic E-state index is -3.63. The summed E-state index contributed by atoms with van der Waals surface area (Å²) in [5.41, 5.74) is 3.06. The molecule has 0 amide bonds. The fraction of sp³-hybridized carbons (Fsp3) is 0.0500. The molecule has 0 fully saturated rings. The lowest BCUT2D eigenvalue weighted by Crippen LogP contribution is -2.05. The van der Waals surface area contributed by atoms with Crippen LogP contribution < -0.4 is 0 Å². The predicted octanol–water partition coefficient (Wildman–Crippen LogP) is 4.11. The van der Waals surface area contributed by atoms with Crippen molar-refractivity contribution >= 4 is 26.5 Å². The smallest absolute Gasteiger partial charge is 0.199 e. The van der Waals surface area contributed by atoms with Crippen LogP contribution in [-0.4, -0.2) is 14.1 Å². The van der Waals surface area contributed by atoms with E-state index in [1.54, 1.807) is 12.1 Å². The van der Waals surface area contributed by atoms with E-state index in [0.29, 0.717) is 17.7 Å². The van der Waals surface area contributed by atoms with Crippen molar-refractivity contribution in [3.63, 3.8) is 0 Å². The normalized spacial score (nSPS) is 15.1. The first-order valence-corrected chi connectivity index (χ1v) is 9.11. The quantitative estimate of drug-likeness (QED) is 0.677. The van der Waals surface area contributed by atoms with Crippen LogP contribution in [0.15, 0.2) is 82.6 Å². The van der Waals surface area contributed by atoms with Crippen LogP contribution in [0.5, 0.6) is 0 Å². The predicted molar refractivity (Wildman–Crippen MR) is 97.1 cm³/mol. The van der Waals surface area contributed by atoms with Crippen LogP contribution in [-0.2, 0) is 16.4 Å². The van der Waals surface area contributed by atoms with E-state index in [0.717, 1.165) is 21.9 Å². The maximum Gasteiger partial charge on any atom is 0.283 e. The molecule has 0 saturated carbocycles. The van der Waals surface area contributed by atoms with Crippen LogP contribution in [0.3, 0.4) is 0 Å². The highest BCUT2D eigenvalue weighted by atomic mass is 32.2. The van der Waals surface area contributed by atoms with Crippen LogP contribution in [0.1, 0.15) is 16.7 Å². The van der Waals surface area contributed by atoms with E-state index in [1.807, 2.05) is 48.5 Å². The summed E-state index contributed by atoms with van der Waals surface area (Å²) in [5, 5.41) is 2.18. The second-order valence-electron chi connectivity index (χ2n) is 5.76. The third-order valence-corrected chi connectivity index (χ3v) is 5.56. The van der Waals surface area contributed by atoms with E-state index >= 15 is 0 Å². The molecule has 3 nitrogen and oxygen atoms in total. The summed E-state index contributed by atoms with van der Waals surface area (Å²) in [4.78, 5) is 0.276. The Hall–Kier alpha value is -2.72. The molecule has 0 aliphatic carbocycles. The van der Waals surface area contributed by atoms with Gasteiger partial charge in [0.15, 0.2) is 0 Å². The molecule has 0 spiro atoms. The van der Waals surface area contributed by atoms with Gasteiger partial charge in [0, 0.05) is 11.1 Å². The first kappa shape index (κ1) is 14.8. The zero-order valence-corrected chi connectivity index (χ0v) is 13.8. The Labute approximate surface area is 141 Å². The number of nitrogens with zero attached hydrogens (tertiary/aromatic N) is 1. The number of allylic oxidation sites excluding steroid dienone is 1. The van der Waals surface area contributed by atoms with E-state index in [1.165, 1.54) is 0 Å². The monoisotopic (exact) mass is 333 g/mol. The topological polar surface area (TPSA) is 46.5 Å². The van der Waals surface area contributed by atoms with Gasteiger partial charge in [-0.1, -0.05) is 54.6 Å². The van der Waals surface area contributed by atoms with Crippen molar-refractivity contribution in [3.8, 4) is 0 Å². The molecule has 118 valence electrons. The Bertz CT molecular complexity index is 1110. The summed E-state index contributed by atoms with van der Waals surface area (Å²) in [7, 11) is -3.63. The minimum absolute atomic E-state index is 0.276. The van der Waals surface area contributed by atoms with E-state index in [4.69, 9.17) is 0 Å². The van der Waals surface area contributed by atoms with Gasteiger partial charge in [-0.3, -0.25) is 0 Å². The fourth-order valence-electron chi connectivity index (χ4n) is 3.13. The minimum Gasteiger partial charge on any atom is -0.199 e. The van der Waals surface area contributed by atoms with E-state index < -0.39 is 10.0 Å². The molecule has 0 saturated heterocycles. The Morgan fingerprint density at radius 3 is 2.33 bits per heavy atom. The summed E-state index contributed by atoms with van der Waals surface area (Å²) in [6.07, 6.45) is 2.48. The Morgan fingerprint density at radius 1 is 0.917 bits per heavy atom. The summed E-state index contributed by atoms with van der Waals surface area (Å²) < 4.78 is 28.8. The lowest BCUT2D eigenvalue weighted by molar-refractivity contribution is 0.599. The Morgan fingerprint density at radius 2 is 1.58 bits per heavy atom. The zero-order valence-electron chi connectivity index (χ0n) is 12.9. The molecular weight excluding hydrogens is 318 g/mol. The lowest BCUT2D eigenvalue weighted by atomic mass is 9.93. The Balaban J connectivity index is 2.03. The van der Waals surface area contributed by atoms with Crippen LogP contribution in [0, 0.1) is 0 Å². The fourth-order valence-corrected chi connectivity index (χ4v) is 4.36. The lowest BCUT2D eigenvalue weighted by Gasteiger charge is -2.11. The molecule has 24 heavy (non-hydrogen) atoms. The van der Waals surface area contributed by atoms with Gasteiger partial charge in [0.05, 0.1) is 10.6 Å². The van der Waals surface area contributed by atoms with Crippen LogP contribution >= 0.6 is 0 Å². The van der Waals surface area contributed by atoms with Crippen LogP contribution in [0.25, 0.3) is 10.8 Å². The molecule has 0 radical (unpaired) electrons. The van der Waals surface area contributed by atoms with Crippen molar-refractivity contribution < 1.29 is 8.42 Å². The molecule has 4 rings (SSSR count). The highest BCUT2D eigenvalue weighted by Gasteiger charge is 2.30. The zero-order chi connectivity index (χ0) is 16.7. The summed E-state index contributed by atoms with van der Waals surface area (Å²) in [6, 6.07) is 19.1. The number of sulfonamides is 1. The number of hydrogen-bond acceptors (Lipinski definition) is 2. The molecule has 3 aromatic carbocycles. The average Bonchev–Trinajstić information content (AvgIpc) is 2.86. The van der Waals surface area contributed by atoms with Crippen molar-refractivity contribution in [2.24, 2.45) is 4.40 Å². The maximum absolute atomic E-state index is 12.4. The molecule has 0 N–H and O–H groups in total. The molecule has 4 heteroatoms. The van der Waals surface area contributed by atoms with Crippen molar-refractivity contribution in [3.05, 3.63) is 90.0 Å². The molecular formula is C20H15NO2S. The highest BCUT2D eigenvalue weighted by Crippen LogP contribution is 2.32. The Kier molecular flexibility index (Phi) is 3.36. The van der Waals surface area contributed by atoms with E-state index in [2.05, 4.69) is 17.0 Å². The number of fused-ring (bicyclic) bond motifs is 2. The standard InChI is InChI=1S/C20H15NO2S/c1-2-7-16-12-14-8-3-4-9-15(14)13-18(16)20-17-10-5-6-11-19(17)24(22,23)21-20/h2-6,8-13H,1,7H2. The number of rotatable bonds is 3. The van der Waals surface area contributed by atoms with E-state index in [9.17, 15) is 8.42 Å². The third kappa shape index (κ3) is 2.27. The van der Waals surface area contributed by atoms with Gasteiger partial charge in [-0.2, -0.15) is 12.8 Å². The summed E-state index contributed by atoms with van der Waals surface area (Å²) in [5.74, 6) is 0. The number of benzene rings is 3. The molecule has 0 bridgehead atoms. The van der Waals surface area contributed by atoms with Crippen molar-refractivity contribution in [2.75, 3.05) is 0 Å². The van der Waals surface area contributed by atoms with Gasteiger partial charge >= 0.3 is 0 Å².